The predicted octanol–water partition coefficient (Wildman–Crippen LogP) is 2.93. The first kappa shape index (κ1) is 27.1. The van der Waals surface area contributed by atoms with Crippen LogP contribution in [0.1, 0.15) is 33.3 Å². The van der Waals surface area contributed by atoms with Crippen LogP contribution in [-0.4, -0.2) is 56.6 Å². The van der Waals surface area contributed by atoms with Crippen LogP contribution in [0.4, 0.5) is 10.1 Å². The molecule has 0 unspecified atom stereocenters. The molecule has 2 aromatic rings. The first-order chi connectivity index (χ1) is 16.0. The van der Waals surface area contributed by atoms with E-state index >= 15 is 0 Å². The van der Waals surface area contributed by atoms with Gasteiger partial charge in [-0.1, -0.05) is 30.3 Å². The maximum Gasteiger partial charge on any atom is 0.244 e. The Morgan fingerprint density at radius 2 is 1.68 bits per heavy atom. The van der Waals surface area contributed by atoms with Crippen molar-refractivity contribution >= 4 is 27.5 Å². The minimum absolute atomic E-state index is 0.175. The summed E-state index contributed by atoms with van der Waals surface area (Å²) in [4.78, 5) is 27.4. The van der Waals surface area contributed by atoms with E-state index in [2.05, 4.69) is 5.32 Å². The minimum atomic E-state index is -3.90. The van der Waals surface area contributed by atoms with Crippen molar-refractivity contribution in [2.75, 3.05) is 23.7 Å². The average molecular weight is 494 g/mol. The highest BCUT2D eigenvalue weighted by atomic mass is 32.2. The molecule has 34 heavy (non-hydrogen) atoms. The van der Waals surface area contributed by atoms with Gasteiger partial charge in [0.2, 0.25) is 21.8 Å². The lowest BCUT2D eigenvalue weighted by Crippen LogP contribution is -2.52. The average Bonchev–Trinajstić information content (AvgIpc) is 2.76. The first-order valence-corrected chi connectivity index (χ1v) is 12.8. The van der Waals surface area contributed by atoms with Crippen molar-refractivity contribution in [1.82, 2.24) is 10.2 Å². The Balaban J connectivity index is 2.45. The normalized spacial score (nSPS) is 12.2. The molecule has 0 saturated carbocycles. The third kappa shape index (κ3) is 7.18. The van der Waals surface area contributed by atoms with Crippen molar-refractivity contribution < 1.29 is 27.1 Å². The van der Waals surface area contributed by atoms with Crippen LogP contribution in [0.2, 0.25) is 0 Å². The van der Waals surface area contributed by atoms with Crippen molar-refractivity contribution in [2.24, 2.45) is 0 Å². The van der Waals surface area contributed by atoms with Gasteiger partial charge in [-0.3, -0.25) is 13.9 Å². The summed E-state index contributed by atoms with van der Waals surface area (Å²) in [5.74, 6) is -1.32. The van der Waals surface area contributed by atoms with Gasteiger partial charge in [-0.25, -0.2) is 12.8 Å². The Hall–Kier alpha value is -3.14. The number of carbonyl (C=O) groups excluding carboxylic acids is 2. The van der Waals surface area contributed by atoms with Crippen LogP contribution < -0.4 is 14.4 Å². The fourth-order valence-corrected chi connectivity index (χ4v) is 4.19. The summed E-state index contributed by atoms with van der Waals surface area (Å²) in [6.07, 6.45) is 0.985. The second-order valence-electron chi connectivity index (χ2n) is 8.12. The number of benzene rings is 2. The molecular weight excluding hydrogens is 461 g/mol. The Labute approximate surface area is 200 Å². The van der Waals surface area contributed by atoms with E-state index in [1.807, 2.05) is 0 Å². The molecule has 0 aliphatic carbocycles. The molecule has 0 fully saturated rings. The van der Waals surface area contributed by atoms with Gasteiger partial charge in [0.15, 0.2) is 0 Å². The van der Waals surface area contributed by atoms with Crippen molar-refractivity contribution in [3.8, 4) is 5.75 Å². The van der Waals surface area contributed by atoms with Crippen LogP contribution in [0, 0.1) is 5.82 Å². The number of hydrogen-bond acceptors (Lipinski definition) is 5. The molecule has 2 rings (SSSR count). The van der Waals surface area contributed by atoms with Gasteiger partial charge in [0.1, 0.15) is 24.2 Å². The van der Waals surface area contributed by atoms with Crippen molar-refractivity contribution in [1.29, 1.82) is 0 Å². The molecule has 2 aromatic carbocycles. The monoisotopic (exact) mass is 493 g/mol. The van der Waals surface area contributed by atoms with Crippen molar-refractivity contribution in [3.05, 3.63) is 59.9 Å². The summed E-state index contributed by atoms with van der Waals surface area (Å²) in [6, 6.07) is 11.3. The molecule has 2 amide bonds. The van der Waals surface area contributed by atoms with Gasteiger partial charge >= 0.3 is 0 Å². The van der Waals surface area contributed by atoms with Gasteiger partial charge in [0, 0.05) is 18.2 Å². The molecule has 10 heteroatoms. The first-order valence-electron chi connectivity index (χ1n) is 11.0. The van der Waals surface area contributed by atoms with Crippen LogP contribution in [0.15, 0.2) is 48.5 Å². The molecule has 0 spiro atoms. The lowest BCUT2D eigenvalue weighted by Gasteiger charge is -2.32. The SMILES string of the molecule is CCOc1ccccc1N(CC(=O)N(Cc1ccccc1F)[C@H](C)C(=O)NC(C)C)S(C)(=O)=O. The van der Waals surface area contributed by atoms with Gasteiger partial charge in [0.05, 0.1) is 18.6 Å². The number of nitrogens with zero attached hydrogens (tertiary/aromatic N) is 2. The second kappa shape index (κ2) is 11.8. The Morgan fingerprint density at radius 1 is 1.06 bits per heavy atom. The van der Waals surface area contributed by atoms with Gasteiger partial charge < -0.3 is 15.0 Å². The molecule has 0 aliphatic heterocycles. The smallest absolute Gasteiger partial charge is 0.244 e. The Kier molecular flexibility index (Phi) is 9.43. The van der Waals surface area contributed by atoms with E-state index in [1.165, 1.54) is 36.1 Å². The molecule has 8 nitrogen and oxygen atoms in total. The van der Waals surface area contributed by atoms with E-state index in [9.17, 15) is 22.4 Å². The van der Waals surface area contributed by atoms with E-state index < -0.39 is 40.2 Å². The van der Waals surface area contributed by atoms with Gasteiger partial charge in [0.25, 0.3) is 0 Å². The number of amides is 2. The highest BCUT2D eigenvalue weighted by Gasteiger charge is 2.31. The molecule has 0 aromatic heterocycles. The summed E-state index contributed by atoms with van der Waals surface area (Å²) in [5, 5.41) is 2.74. The number of hydrogen-bond donors (Lipinski definition) is 1. The summed E-state index contributed by atoms with van der Waals surface area (Å²) >= 11 is 0. The summed E-state index contributed by atoms with van der Waals surface area (Å²) in [6.45, 7) is 6.36. The summed E-state index contributed by atoms with van der Waals surface area (Å²) in [7, 11) is -3.90. The molecule has 0 aliphatic rings. The lowest BCUT2D eigenvalue weighted by molar-refractivity contribution is -0.139. The molecular formula is C24H32FN3O5S. The Morgan fingerprint density at radius 3 is 2.26 bits per heavy atom. The van der Waals surface area contributed by atoms with Crippen molar-refractivity contribution in [3.63, 3.8) is 0 Å². The number of nitrogens with one attached hydrogen (secondary N) is 1. The van der Waals surface area contributed by atoms with Gasteiger partial charge in [-0.05, 0) is 45.9 Å². The standard InChI is InChI=1S/C24H32FN3O5S/c1-6-33-22-14-10-9-13-21(22)28(34(5,31)32)16-23(29)27(18(4)24(30)26-17(2)3)15-19-11-7-8-12-20(19)25/h7-14,17-18H,6,15-16H2,1-5H3,(H,26,30)/t18-/m1/s1. The third-order valence-corrected chi connectivity index (χ3v) is 6.14. The second-order valence-corrected chi connectivity index (χ2v) is 10.0. The quantitative estimate of drug-likeness (QED) is 0.519. The highest BCUT2D eigenvalue weighted by Crippen LogP contribution is 2.30. The molecule has 1 N–H and O–H groups in total. The molecule has 0 radical (unpaired) electrons. The number of para-hydroxylation sites is 2. The largest absolute Gasteiger partial charge is 0.492 e. The van der Waals surface area contributed by atoms with Crippen molar-refractivity contribution in [2.45, 2.75) is 46.3 Å². The fraction of sp³-hybridized carbons (Fsp3) is 0.417. The molecule has 0 heterocycles. The number of halogens is 1. The zero-order chi connectivity index (χ0) is 25.5. The van der Waals surface area contributed by atoms with Crippen LogP contribution in [-0.2, 0) is 26.2 Å². The van der Waals surface area contributed by atoms with E-state index in [-0.39, 0.29) is 23.8 Å². The minimum Gasteiger partial charge on any atom is -0.492 e. The third-order valence-electron chi connectivity index (χ3n) is 5.01. The van der Waals surface area contributed by atoms with E-state index in [4.69, 9.17) is 4.74 Å². The van der Waals surface area contributed by atoms with Crippen LogP contribution in [0.3, 0.4) is 0 Å². The van der Waals surface area contributed by atoms with E-state index in [0.717, 1.165) is 10.6 Å². The number of rotatable bonds is 11. The van der Waals surface area contributed by atoms with Crippen LogP contribution in [0.5, 0.6) is 5.75 Å². The molecule has 1 atom stereocenters. The lowest BCUT2D eigenvalue weighted by atomic mass is 10.1. The Bertz CT molecular complexity index is 1110. The van der Waals surface area contributed by atoms with Gasteiger partial charge in [-0.15, -0.1) is 0 Å². The zero-order valence-corrected chi connectivity index (χ0v) is 20.9. The molecule has 0 saturated heterocycles. The summed E-state index contributed by atoms with van der Waals surface area (Å²) < 4.78 is 46.2. The van der Waals surface area contributed by atoms with E-state index in [0.29, 0.717) is 12.4 Å². The maximum absolute atomic E-state index is 14.4. The van der Waals surface area contributed by atoms with Gasteiger partial charge in [-0.2, -0.15) is 0 Å². The number of anilines is 1. The fourth-order valence-electron chi connectivity index (χ4n) is 3.33. The van der Waals surface area contributed by atoms with E-state index in [1.54, 1.807) is 45.0 Å². The molecule has 186 valence electrons. The van der Waals surface area contributed by atoms with Crippen LogP contribution >= 0.6 is 0 Å². The number of sulfonamides is 1. The number of ether oxygens (including phenoxy) is 1. The molecule has 0 bridgehead atoms. The summed E-state index contributed by atoms with van der Waals surface area (Å²) in [5.41, 5.74) is 0.408. The number of carbonyl (C=O) groups is 2. The zero-order valence-electron chi connectivity index (χ0n) is 20.1. The van der Waals surface area contributed by atoms with Crippen LogP contribution in [0.25, 0.3) is 0 Å². The maximum atomic E-state index is 14.4. The predicted molar refractivity (Wildman–Crippen MR) is 129 cm³/mol. The highest BCUT2D eigenvalue weighted by molar-refractivity contribution is 7.92. The topological polar surface area (TPSA) is 96.0 Å².